The molecule has 0 bridgehead atoms. The van der Waals surface area contributed by atoms with E-state index >= 15 is 0 Å². The highest BCUT2D eigenvalue weighted by Crippen LogP contribution is 2.15. The van der Waals surface area contributed by atoms with Crippen LogP contribution in [0.3, 0.4) is 0 Å². The highest BCUT2D eigenvalue weighted by Gasteiger charge is 2.24. The standard InChI is InChI=1S/C18H31N3O9/c1-18(2,3)15(24)8-19(4-6-20(9-16(25)26)10-17(27)28)5-7-21(11-29-13-22)12-30-14-23/h13-14H,4-12H2,1-3H3,(H,25,26)(H,27,28). The normalized spacial score (nSPS) is 11.5. The third-order valence-corrected chi connectivity index (χ3v) is 4.04. The van der Waals surface area contributed by atoms with Crippen LogP contribution in [0.1, 0.15) is 20.8 Å². The molecule has 30 heavy (non-hydrogen) atoms. The van der Waals surface area contributed by atoms with Crippen LogP contribution in [0.15, 0.2) is 0 Å². The first kappa shape index (κ1) is 27.4. The molecule has 0 rings (SSSR count). The number of nitrogens with zero attached hydrogens (tertiary/aromatic N) is 3. The zero-order valence-corrected chi connectivity index (χ0v) is 17.6. The molecule has 172 valence electrons. The minimum Gasteiger partial charge on any atom is -0.480 e. The van der Waals surface area contributed by atoms with Crippen molar-refractivity contribution in [3.8, 4) is 0 Å². The summed E-state index contributed by atoms with van der Waals surface area (Å²) in [6.45, 7) is 5.70. The molecule has 0 saturated carbocycles. The maximum absolute atomic E-state index is 12.5. The van der Waals surface area contributed by atoms with Gasteiger partial charge in [-0.05, 0) is 0 Å². The Hall–Kier alpha value is -2.57. The zero-order valence-electron chi connectivity index (χ0n) is 17.6. The van der Waals surface area contributed by atoms with Crippen molar-refractivity contribution in [1.82, 2.24) is 14.7 Å². The molecular weight excluding hydrogens is 402 g/mol. The van der Waals surface area contributed by atoms with Crippen LogP contribution in [-0.4, -0.2) is 115 Å². The number of aliphatic carboxylic acids is 2. The van der Waals surface area contributed by atoms with Crippen molar-refractivity contribution in [3.05, 3.63) is 0 Å². The van der Waals surface area contributed by atoms with Crippen LogP contribution in [0, 0.1) is 5.41 Å². The lowest BCUT2D eigenvalue weighted by Crippen LogP contribution is -2.46. The van der Waals surface area contributed by atoms with Gasteiger partial charge in [-0.1, -0.05) is 20.8 Å². The molecule has 0 aromatic heterocycles. The number of carboxylic acid groups (broad SMARTS) is 2. The monoisotopic (exact) mass is 433 g/mol. The van der Waals surface area contributed by atoms with E-state index in [1.165, 1.54) is 9.80 Å². The van der Waals surface area contributed by atoms with Gasteiger partial charge in [0.1, 0.15) is 13.5 Å². The molecule has 0 amide bonds. The highest BCUT2D eigenvalue weighted by atomic mass is 16.6. The number of carboxylic acids is 2. The molecule has 12 heteroatoms. The van der Waals surface area contributed by atoms with Gasteiger partial charge in [-0.25, -0.2) is 4.90 Å². The van der Waals surface area contributed by atoms with E-state index in [1.54, 1.807) is 25.7 Å². The molecule has 0 unspecified atom stereocenters. The Morgan fingerprint density at radius 1 is 0.733 bits per heavy atom. The lowest BCUT2D eigenvalue weighted by molar-refractivity contribution is -0.144. The number of Topliss-reactive ketones (excluding diaryl/α,β-unsaturated/α-hetero) is 1. The quantitative estimate of drug-likeness (QED) is 0.200. The van der Waals surface area contributed by atoms with Crippen molar-refractivity contribution in [2.75, 3.05) is 59.3 Å². The average molecular weight is 433 g/mol. The van der Waals surface area contributed by atoms with Crippen molar-refractivity contribution < 1.29 is 43.7 Å². The molecule has 0 spiro atoms. The Morgan fingerprint density at radius 2 is 1.13 bits per heavy atom. The fourth-order valence-electron chi connectivity index (χ4n) is 2.31. The lowest BCUT2D eigenvalue weighted by Gasteiger charge is -2.30. The van der Waals surface area contributed by atoms with Crippen molar-refractivity contribution in [2.45, 2.75) is 20.8 Å². The van der Waals surface area contributed by atoms with E-state index < -0.39 is 30.4 Å². The van der Waals surface area contributed by atoms with Gasteiger partial charge in [-0.2, -0.15) is 0 Å². The summed E-state index contributed by atoms with van der Waals surface area (Å²) >= 11 is 0. The Kier molecular flexibility index (Phi) is 13.2. The maximum Gasteiger partial charge on any atom is 0.317 e. The van der Waals surface area contributed by atoms with Gasteiger partial charge in [-0.15, -0.1) is 0 Å². The minimum absolute atomic E-state index is 0.0506. The number of carbonyl (C=O) groups excluding carboxylic acids is 3. The Bertz CT molecular complexity index is 550. The van der Waals surface area contributed by atoms with Gasteiger partial charge in [-0.3, -0.25) is 33.8 Å². The van der Waals surface area contributed by atoms with Gasteiger partial charge in [0.2, 0.25) is 0 Å². The van der Waals surface area contributed by atoms with E-state index in [0.717, 1.165) is 0 Å². The molecule has 12 nitrogen and oxygen atoms in total. The van der Waals surface area contributed by atoms with Crippen molar-refractivity contribution in [1.29, 1.82) is 0 Å². The molecule has 0 radical (unpaired) electrons. The predicted molar refractivity (Wildman–Crippen MR) is 103 cm³/mol. The molecule has 0 aromatic carbocycles. The number of carbonyl (C=O) groups is 5. The summed E-state index contributed by atoms with van der Waals surface area (Å²) in [6.07, 6.45) is 0. The number of hydrogen-bond donors (Lipinski definition) is 2. The van der Waals surface area contributed by atoms with E-state index in [4.69, 9.17) is 10.2 Å². The van der Waals surface area contributed by atoms with Crippen LogP contribution in [0.4, 0.5) is 0 Å². The number of rotatable bonds is 18. The van der Waals surface area contributed by atoms with Gasteiger partial charge in [0.25, 0.3) is 12.9 Å². The van der Waals surface area contributed by atoms with E-state index in [-0.39, 0.29) is 58.4 Å². The molecule has 0 saturated heterocycles. The second-order valence-corrected chi connectivity index (χ2v) is 7.63. The molecule has 0 atom stereocenters. The summed E-state index contributed by atoms with van der Waals surface area (Å²) in [5, 5.41) is 17.9. The maximum atomic E-state index is 12.5. The fraction of sp³-hybridized carbons (Fsp3) is 0.722. The highest BCUT2D eigenvalue weighted by molar-refractivity contribution is 5.85. The first-order valence-electron chi connectivity index (χ1n) is 9.24. The van der Waals surface area contributed by atoms with Crippen LogP contribution >= 0.6 is 0 Å². The second kappa shape index (κ2) is 14.4. The largest absolute Gasteiger partial charge is 0.480 e. The first-order valence-corrected chi connectivity index (χ1v) is 9.24. The second-order valence-electron chi connectivity index (χ2n) is 7.63. The lowest BCUT2D eigenvalue weighted by atomic mass is 9.90. The van der Waals surface area contributed by atoms with Crippen LogP contribution in [0.25, 0.3) is 0 Å². The van der Waals surface area contributed by atoms with Gasteiger partial charge in [0, 0.05) is 31.6 Å². The van der Waals surface area contributed by atoms with Gasteiger partial charge >= 0.3 is 11.9 Å². The summed E-state index contributed by atoms with van der Waals surface area (Å²) in [5.74, 6) is -2.36. The van der Waals surface area contributed by atoms with Crippen LogP contribution in [0.5, 0.6) is 0 Å². The third kappa shape index (κ3) is 13.6. The summed E-state index contributed by atoms with van der Waals surface area (Å²) in [7, 11) is 0. The fourth-order valence-corrected chi connectivity index (χ4v) is 2.31. The minimum atomic E-state index is -1.16. The van der Waals surface area contributed by atoms with Crippen LogP contribution in [0.2, 0.25) is 0 Å². The molecule has 0 aliphatic rings. The van der Waals surface area contributed by atoms with Crippen molar-refractivity contribution in [3.63, 3.8) is 0 Å². The Balaban J connectivity index is 5.11. The van der Waals surface area contributed by atoms with E-state index in [1.807, 2.05) is 0 Å². The predicted octanol–water partition coefficient (Wildman–Crippen LogP) is -1.06. The molecule has 0 aromatic rings. The molecule has 0 aliphatic heterocycles. The molecular formula is C18H31N3O9. The molecule has 0 heterocycles. The summed E-state index contributed by atoms with van der Waals surface area (Å²) in [5.41, 5.74) is -0.596. The smallest absolute Gasteiger partial charge is 0.317 e. The summed E-state index contributed by atoms with van der Waals surface area (Å²) in [6, 6.07) is 0. The van der Waals surface area contributed by atoms with Gasteiger partial charge < -0.3 is 19.7 Å². The van der Waals surface area contributed by atoms with Gasteiger partial charge in [0.15, 0.2) is 5.78 Å². The molecule has 2 N–H and O–H groups in total. The Labute approximate surface area is 175 Å². The Morgan fingerprint density at radius 3 is 1.50 bits per heavy atom. The average Bonchev–Trinajstić information content (AvgIpc) is 2.62. The molecule has 0 aliphatic carbocycles. The topological polar surface area (TPSA) is 154 Å². The van der Waals surface area contributed by atoms with E-state index in [0.29, 0.717) is 6.54 Å². The third-order valence-electron chi connectivity index (χ3n) is 4.04. The zero-order chi connectivity index (χ0) is 23.2. The van der Waals surface area contributed by atoms with Gasteiger partial charge in [0.05, 0.1) is 19.6 Å². The van der Waals surface area contributed by atoms with Crippen molar-refractivity contribution in [2.24, 2.45) is 5.41 Å². The van der Waals surface area contributed by atoms with Crippen LogP contribution < -0.4 is 0 Å². The first-order chi connectivity index (χ1) is 14.0. The van der Waals surface area contributed by atoms with E-state index in [9.17, 15) is 24.0 Å². The van der Waals surface area contributed by atoms with Crippen molar-refractivity contribution >= 4 is 30.7 Å². The summed E-state index contributed by atoms with van der Waals surface area (Å²) < 4.78 is 9.34. The van der Waals surface area contributed by atoms with Crippen LogP contribution in [-0.2, 0) is 33.4 Å². The molecule has 0 fully saturated rings. The van der Waals surface area contributed by atoms with E-state index in [2.05, 4.69) is 9.47 Å². The number of ketones is 1. The number of ether oxygens (including phenoxy) is 2. The SMILES string of the molecule is CC(C)(C)C(=O)CN(CCN(COC=O)COC=O)CCN(CC(=O)O)CC(=O)O. The number of hydrogen-bond acceptors (Lipinski definition) is 10. The summed E-state index contributed by atoms with van der Waals surface area (Å²) in [4.78, 5) is 59.7.